The van der Waals surface area contributed by atoms with Gasteiger partial charge in [-0.05, 0) is 18.6 Å². The van der Waals surface area contributed by atoms with Crippen LogP contribution >= 0.6 is 23.3 Å². The van der Waals surface area contributed by atoms with Crippen molar-refractivity contribution in [1.29, 1.82) is 0 Å². The summed E-state index contributed by atoms with van der Waals surface area (Å²) in [6.07, 6.45) is 0.897. The zero-order valence-electron chi connectivity index (χ0n) is 10.7. The molecule has 0 radical (unpaired) electrons. The molecule has 0 aliphatic heterocycles. The van der Waals surface area contributed by atoms with Crippen molar-refractivity contribution < 1.29 is 9.47 Å². The minimum absolute atomic E-state index is 0.628. The van der Waals surface area contributed by atoms with Gasteiger partial charge in [-0.15, -0.1) is 0 Å². The Morgan fingerprint density at radius 1 is 1.26 bits per heavy atom. The minimum Gasteiger partial charge on any atom is -0.382 e. The lowest BCUT2D eigenvalue weighted by Gasteiger charge is -2.09. The Labute approximate surface area is 121 Å². The van der Waals surface area contributed by atoms with E-state index >= 15 is 0 Å². The van der Waals surface area contributed by atoms with Gasteiger partial charge in [-0.3, -0.25) is 0 Å². The van der Waals surface area contributed by atoms with Crippen LogP contribution in [0.25, 0.3) is 11.0 Å². The summed E-state index contributed by atoms with van der Waals surface area (Å²) in [6, 6.07) is 3.71. The smallest absolute Gasteiger partial charge is 0.129 e. The molecule has 0 spiro atoms. The largest absolute Gasteiger partial charge is 0.382 e. The summed E-state index contributed by atoms with van der Waals surface area (Å²) in [4.78, 5) is 0. The third-order valence-corrected chi connectivity index (χ3v) is 3.43. The molecule has 0 fully saturated rings. The highest BCUT2D eigenvalue weighted by Gasteiger charge is 2.08. The predicted molar refractivity (Wildman–Crippen MR) is 78.2 cm³/mol. The van der Waals surface area contributed by atoms with E-state index in [4.69, 9.17) is 21.1 Å². The van der Waals surface area contributed by atoms with Crippen molar-refractivity contribution in [2.45, 2.75) is 6.42 Å². The Kier molecular flexibility index (Phi) is 5.78. The highest BCUT2D eigenvalue weighted by molar-refractivity contribution is 7.00. The number of rotatable bonds is 8. The van der Waals surface area contributed by atoms with E-state index in [0.29, 0.717) is 24.8 Å². The van der Waals surface area contributed by atoms with E-state index in [1.165, 1.54) is 11.7 Å². The highest BCUT2D eigenvalue weighted by Crippen LogP contribution is 2.29. The molecule has 1 heterocycles. The second-order valence-corrected chi connectivity index (χ2v) is 4.88. The monoisotopic (exact) mass is 301 g/mol. The number of aromatic nitrogens is 2. The van der Waals surface area contributed by atoms with Crippen molar-refractivity contribution in [3.8, 4) is 0 Å². The molecule has 0 atom stereocenters. The molecule has 0 aliphatic carbocycles. The van der Waals surface area contributed by atoms with E-state index in [1.54, 1.807) is 7.11 Å². The zero-order chi connectivity index (χ0) is 13.5. The van der Waals surface area contributed by atoms with Crippen LogP contribution in [0.2, 0.25) is 5.02 Å². The molecule has 1 aromatic carbocycles. The van der Waals surface area contributed by atoms with E-state index in [1.807, 2.05) is 12.1 Å². The standard InChI is InChI=1S/C12H16ClN3O2S/c1-17-7-8-18-6-2-5-14-11-9(13)3-4-10-12(11)16-19-15-10/h3-4,14H,2,5-8H2,1H3. The van der Waals surface area contributed by atoms with Crippen LogP contribution in [0, 0.1) is 0 Å². The Balaban J connectivity index is 1.81. The highest BCUT2D eigenvalue weighted by atomic mass is 35.5. The van der Waals surface area contributed by atoms with Crippen molar-refractivity contribution in [2.75, 3.05) is 38.8 Å². The average molecular weight is 302 g/mol. The van der Waals surface area contributed by atoms with Gasteiger partial charge in [0.1, 0.15) is 11.0 Å². The molecule has 19 heavy (non-hydrogen) atoms. The molecule has 7 heteroatoms. The van der Waals surface area contributed by atoms with Crippen molar-refractivity contribution in [3.05, 3.63) is 17.2 Å². The molecule has 2 aromatic rings. The summed E-state index contributed by atoms with van der Waals surface area (Å²) < 4.78 is 18.7. The van der Waals surface area contributed by atoms with Gasteiger partial charge in [-0.1, -0.05) is 11.6 Å². The van der Waals surface area contributed by atoms with Crippen LogP contribution in [-0.2, 0) is 9.47 Å². The Bertz CT molecular complexity index is 521. The van der Waals surface area contributed by atoms with E-state index < -0.39 is 0 Å². The van der Waals surface area contributed by atoms with Crippen LogP contribution in [0.1, 0.15) is 6.42 Å². The second kappa shape index (κ2) is 7.59. The van der Waals surface area contributed by atoms with Crippen molar-refractivity contribution in [2.24, 2.45) is 0 Å². The summed E-state index contributed by atoms with van der Waals surface area (Å²) in [5.41, 5.74) is 2.55. The van der Waals surface area contributed by atoms with E-state index in [2.05, 4.69) is 14.1 Å². The predicted octanol–water partition coefficient (Wildman–Crippen LogP) is 2.81. The first-order valence-electron chi connectivity index (χ1n) is 6.04. The molecule has 5 nitrogen and oxygen atoms in total. The lowest BCUT2D eigenvalue weighted by molar-refractivity contribution is 0.0705. The molecule has 0 saturated heterocycles. The maximum atomic E-state index is 6.17. The quantitative estimate of drug-likeness (QED) is 0.760. The number of methoxy groups -OCH3 is 1. The topological polar surface area (TPSA) is 56.3 Å². The summed E-state index contributed by atoms with van der Waals surface area (Å²) in [5.74, 6) is 0. The molecule has 1 aromatic heterocycles. The summed E-state index contributed by atoms with van der Waals surface area (Å²) in [5, 5.41) is 3.96. The molecule has 2 rings (SSSR count). The fraction of sp³-hybridized carbons (Fsp3) is 0.500. The summed E-state index contributed by atoms with van der Waals surface area (Å²) >= 11 is 7.36. The van der Waals surface area contributed by atoms with E-state index in [-0.39, 0.29) is 0 Å². The number of anilines is 1. The Morgan fingerprint density at radius 2 is 2.16 bits per heavy atom. The van der Waals surface area contributed by atoms with Crippen molar-refractivity contribution in [3.63, 3.8) is 0 Å². The molecule has 104 valence electrons. The minimum atomic E-state index is 0.628. The maximum absolute atomic E-state index is 6.17. The normalized spacial score (nSPS) is 11.1. The van der Waals surface area contributed by atoms with Crippen LogP contribution in [0.15, 0.2) is 12.1 Å². The summed E-state index contributed by atoms with van der Waals surface area (Å²) in [7, 11) is 1.66. The first kappa shape index (κ1) is 14.5. The number of benzene rings is 1. The molecule has 0 amide bonds. The van der Waals surface area contributed by atoms with Gasteiger partial charge in [0, 0.05) is 20.3 Å². The van der Waals surface area contributed by atoms with Crippen LogP contribution in [0.3, 0.4) is 0 Å². The molecule has 0 unspecified atom stereocenters. The van der Waals surface area contributed by atoms with E-state index in [9.17, 15) is 0 Å². The number of hydrogen-bond acceptors (Lipinski definition) is 6. The first-order valence-corrected chi connectivity index (χ1v) is 7.15. The number of fused-ring (bicyclic) bond motifs is 1. The fourth-order valence-corrected chi connectivity index (χ4v) is 2.39. The third-order valence-electron chi connectivity index (χ3n) is 2.58. The van der Waals surface area contributed by atoms with Gasteiger partial charge >= 0.3 is 0 Å². The van der Waals surface area contributed by atoms with Gasteiger partial charge in [-0.2, -0.15) is 8.75 Å². The SMILES string of the molecule is COCCOCCCNc1c(Cl)ccc2nsnc12. The molecule has 1 N–H and O–H groups in total. The Morgan fingerprint density at radius 3 is 3.00 bits per heavy atom. The lowest BCUT2D eigenvalue weighted by Crippen LogP contribution is -2.08. The third kappa shape index (κ3) is 4.01. The van der Waals surface area contributed by atoms with Gasteiger partial charge < -0.3 is 14.8 Å². The van der Waals surface area contributed by atoms with Crippen LogP contribution in [0.4, 0.5) is 5.69 Å². The lowest BCUT2D eigenvalue weighted by atomic mass is 10.2. The molecular weight excluding hydrogens is 286 g/mol. The van der Waals surface area contributed by atoms with Crippen LogP contribution in [0.5, 0.6) is 0 Å². The van der Waals surface area contributed by atoms with Gasteiger partial charge in [0.05, 0.1) is 35.7 Å². The maximum Gasteiger partial charge on any atom is 0.129 e. The van der Waals surface area contributed by atoms with Crippen molar-refractivity contribution >= 4 is 40.0 Å². The zero-order valence-corrected chi connectivity index (χ0v) is 12.3. The molecule has 0 bridgehead atoms. The first-order chi connectivity index (χ1) is 9.33. The van der Waals surface area contributed by atoms with Crippen molar-refractivity contribution in [1.82, 2.24) is 8.75 Å². The Hall–Kier alpha value is -0.950. The van der Waals surface area contributed by atoms with Crippen LogP contribution < -0.4 is 5.32 Å². The second-order valence-electron chi connectivity index (χ2n) is 3.94. The van der Waals surface area contributed by atoms with Gasteiger partial charge in [0.25, 0.3) is 0 Å². The van der Waals surface area contributed by atoms with E-state index in [0.717, 1.165) is 29.7 Å². The molecule has 0 aliphatic rings. The molecule has 0 saturated carbocycles. The van der Waals surface area contributed by atoms with Crippen LogP contribution in [-0.4, -0.2) is 42.2 Å². The average Bonchev–Trinajstić information content (AvgIpc) is 2.88. The van der Waals surface area contributed by atoms with Gasteiger partial charge in [0.15, 0.2) is 0 Å². The van der Waals surface area contributed by atoms with Gasteiger partial charge in [0.2, 0.25) is 0 Å². The number of ether oxygens (including phenoxy) is 2. The van der Waals surface area contributed by atoms with Gasteiger partial charge in [-0.25, -0.2) is 0 Å². The summed E-state index contributed by atoms with van der Waals surface area (Å²) in [6.45, 7) is 2.73. The molecular formula is C12H16ClN3O2S. The number of nitrogens with one attached hydrogen (secondary N) is 1. The fourth-order valence-electron chi connectivity index (χ4n) is 1.63. The number of nitrogens with zero attached hydrogens (tertiary/aromatic N) is 2. The number of hydrogen-bond donors (Lipinski definition) is 1. The number of halogens is 1.